The number of rotatable bonds is 63. The summed E-state index contributed by atoms with van der Waals surface area (Å²) in [5, 5.41) is 23.5. The molecular weight excluding hydrogens is 903 g/mol. The fraction of sp³-hybridized carbons (Fsp3) is 0.871. The Morgan fingerprint density at radius 3 is 0.892 bits per heavy atom. The molecule has 436 valence electrons. The molecule has 4 nitrogen and oxygen atoms in total. The summed E-state index contributed by atoms with van der Waals surface area (Å²) in [5.41, 5.74) is 0. The topological polar surface area (TPSA) is 69.6 Å². The van der Waals surface area contributed by atoms with Crippen molar-refractivity contribution in [1.29, 1.82) is 0 Å². The third-order valence-corrected chi connectivity index (χ3v) is 15.9. The molecule has 0 spiro atoms. The molecule has 2 unspecified atom stereocenters. The zero-order chi connectivity index (χ0) is 53.4. The van der Waals surface area contributed by atoms with Crippen molar-refractivity contribution in [2.75, 3.05) is 6.61 Å². The van der Waals surface area contributed by atoms with Gasteiger partial charge in [-0.1, -0.05) is 364 Å². The summed E-state index contributed by atoms with van der Waals surface area (Å²) in [5.74, 6) is -0.0240. The van der Waals surface area contributed by atoms with E-state index in [1.165, 1.54) is 295 Å². The molecule has 0 fully saturated rings. The Hall–Kier alpha value is -1.65. The van der Waals surface area contributed by atoms with E-state index in [2.05, 4.69) is 67.8 Å². The lowest BCUT2D eigenvalue weighted by atomic mass is 10.0. The average molecular weight is 1040 g/mol. The van der Waals surface area contributed by atoms with Gasteiger partial charge in [-0.3, -0.25) is 4.79 Å². The Balaban J connectivity index is 3.40. The quantitative estimate of drug-likeness (QED) is 0.0420. The highest BCUT2D eigenvalue weighted by atomic mass is 16.3. The van der Waals surface area contributed by atoms with Crippen LogP contribution in [0.2, 0.25) is 0 Å². The maximum Gasteiger partial charge on any atom is 0.220 e. The smallest absolute Gasteiger partial charge is 0.220 e. The summed E-state index contributed by atoms with van der Waals surface area (Å²) in [6.45, 7) is 4.29. The van der Waals surface area contributed by atoms with Crippen LogP contribution in [0, 0.1) is 0 Å². The highest BCUT2D eigenvalue weighted by Gasteiger charge is 2.20. The summed E-state index contributed by atoms with van der Waals surface area (Å²) in [6, 6.07) is -0.537. The molecule has 0 heterocycles. The first-order chi connectivity index (χ1) is 36.7. The Kier molecular flexibility index (Phi) is 64.2. The van der Waals surface area contributed by atoms with Gasteiger partial charge in [-0.25, -0.2) is 0 Å². The summed E-state index contributed by atoms with van der Waals surface area (Å²) >= 11 is 0. The number of carbonyl (C=O) groups is 1. The molecule has 0 radical (unpaired) electrons. The number of aliphatic hydroxyl groups is 2. The van der Waals surface area contributed by atoms with Gasteiger partial charge >= 0.3 is 0 Å². The summed E-state index contributed by atoms with van der Waals surface area (Å²) in [7, 11) is 0. The number of carbonyl (C=O) groups excluding carboxylic acids is 1. The molecule has 3 N–H and O–H groups in total. The van der Waals surface area contributed by atoms with E-state index in [1.54, 1.807) is 0 Å². The van der Waals surface area contributed by atoms with Crippen LogP contribution in [0.1, 0.15) is 373 Å². The molecule has 0 saturated heterocycles. The van der Waals surface area contributed by atoms with E-state index in [0.29, 0.717) is 12.8 Å². The molecule has 0 aliphatic carbocycles. The molecule has 2 atom stereocenters. The first-order valence-corrected chi connectivity index (χ1v) is 33.8. The van der Waals surface area contributed by atoms with Gasteiger partial charge in [0.05, 0.1) is 18.8 Å². The molecular formula is C70H133NO3. The van der Waals surface area contributed by atoms with Crippen LogP contribution in [0.15, 0.2) is 48.6 Å². The van der Waals surface area contributed by atoms with Crippen LogP contribution >= 0.6 is 0 Å². The van der Waals surface area contributed by atoms with E-state index in [-0.39, 0.29) is 12.5 Å². The van der Waals surface area contributed by atoms with Crippen molar-refractivity contribution >= 4 is 5.91 Å². The second-order valence-electron chi connectivity index (χ2n) is 23.2. The van der Waals surface area contributed by atoms with Crippen molar-refractivity contribution in [1.82, 2.24) is 5.32 Å². The van der Waals surface area contributed by atoms with Crippen LogP contribution < -0.4 is 5.32 Å². The second-order valence-corrected chi connectivity index (χ2v) is 23.2. The van der Waals surface area contributed by atoms with Crippen LogP contribution in [-0.2, 0) is 4.79 Å². The lowest BCUT2D eigenvalue weighted by molar-refractivity contribution is -0.123. The SMILES string of the molecule is CC/C=C\C/C=C\C/C=C\C/C=C\CCCCCCCCCCCCCCCCCCCCCCC(=O)NC(CO)C(O)CCCCCCCCCCCCCCCCCCCCCCCCCCCCCCC. The van der Waals surface area contributed by atoms with Crippen LogP contribution in [0.3, 0.4) is 0 Å². The molecule has 4 heteroatoms. The fourth-order valence-electron chi connectivity index (χ4n) is 10.8. The molecule has 74 heavy (non-hydrogen) atoms. The van der Waals surface area contributed by atoms with Crippen molar-refractivity contribution in [3.05, 3.63) is 48.6 Å². The highest BCUT2D eigenvalue weighted by molar-refractivity contribution is 5.76. The van der Waals surface area contributed by atoms with Crippen molar-refractivity contribution in [3.8, 4) is 0 Å². The molecule has 0 bridgehead atoms. The number of unbranched alkanes of at least 4 members (excludes halogenated alkanes) is 48. The molecule has 0 aliphatic heterocycles. The summed E-state index contributed by atoms with van der Waals surface area (Å²) < 4.78 is 0. The van der Waals surface area contributed by atoms with Gasteiger partial charge in [0, 0.05) is 6.42 Å². The van der Waals surface area contributed by atoms with E-state index >= 15 is 0 Å². The summed E-state index contributed by atoms with van der Waals surface area (Å²) in [6.07, 6.45) is 91.6. The largest absolute Gasteiger partial charge is 0.394 e. The average Bonchev–Trinajstić information content (AvgIpc) is 3.40. The predicted molar refractivity (Wildman–Crippen MR) is 331 cm³/mol. The minimum atomic E-state index is -0.661. The monoisotopic (exact) mass is 1040 g/mol. The van der Waals surface area contributed by atoms with Gasteiger partial charge in [0.15, 0.2) is 0 Å². The third-order valence-electron chi connectivity index (χ3n) is 15.9. The minimum absolute atomic E-state index is 0.0240. The number of nitrogens with one attached hydrogen (secondary N) is 1. The van der Waals surface area contributed by atoms with E-state index in [0.717, 1.165) is 51.4 Å². The third kappa shape index (κ3) is 61.2. The number of hydrogen-bond acceptors (Lipinski definition) is 3. The molecule has 0 saturated carbocycles. The standard InChI is InChI=1S/C70H133NO3/c1-3-5-7-9-11-13-15-17-19-21-23-25-27-29-31-33-34-35-36-38-40-42-44-46-48-50-52-54-56-58-60-62-64-66-70(74)71-68(67-72)69(73)65-63-61-59-57-55-53-51-49-47-45-43-41-39-37-32-30-28-26-24-22-20-18-16-14-12-10-8-6-4-2/h5,7,11,13,17,19,23,25,68-69,72-73H,3-4,6,8-10,12,14-16,18,20-22,24,26-67H2,1-2H3,(H,71,74)/b7-5-,13-11-,19-17-,25-23-. The molecule has 0 rings (SSSR count). The minimum Gasteiger partial charge on any atom is -0.394 e. The maximum atomic E-state index is 12.6. The van der Waals surface area contributed by atoms with Gasteiger partial charge in [0.2, 0.25) is 5.91 Å². The Labute approximate surface area is 464 Å². The van der Waals surface area contributed by atoms with Gasteiger partial charge in [-0.05, 0) is 51.4 Å². The van der Waals surface area contributed by atoms with Crippen molar-refractivity contribution < 1.29 is 15.0 Å². The fourth-order valence-corrected chi connectivity index (χ4v) is 10.8. The number of aliphatic hydroxyl groups excluding tert-OH is 2. The Morgan fingerprint density at radius 1 is 0.338 bits per heavy atom. The molecule has 0 aliphatic rings. The lowest BCUT2D eigenvalue weighted by Crippen LogP contribution is -2.45. The zero-order valence-electron chi connectivity index (χ0n) is 50.4. The van der Waals surface area contributed by atoms with Gasteiger partial charge in [0.25, 0.3) is 0 Å². The van der Waals surface area contributed by atoms with Gasteiger partial charge in [-0.2, -0.15) is 0 Å². The summed E-state index contributed by atoms with van der Waals surface area (Å²) in [4.78, 5) is 12.6. The maximum absolute atomic E-state index is 12.6. The number of allylic oxidation sites excluding steroid dienone is 8. The first kappa shape index (κ1) is 72.3. The lowest BCUT2D eigenvalue weighted by Gasteiger charge is -2.22. The van der Waals surface area contributed by atoms with E-state index in [9.17, 15) is 15.0 Å². The highest BCUT2D eigenvalue weighted by Crippen LogP contribution is 2.19. The Morgan fingerprint density at radius 2 is 0.595 bits per heavy atom. The normalized spacial score (nSPS) is 13.0. The van der Waals surface area contributed by atoms with E-state index < -0.39 is 12.1 Å². The van der Waals surface area contributed by atoms with Gasteiger partial charge < -0.3 is 15.5 Å². The Bertz CT molecular complexity index is 1170. The first-order valence-electron chi connectivity index (χ1n) is 33.8. The molecule has 1 amide bonds. The van der Waals surface area contributed by atoms with Crippen LogP contribution in [0.5, 0.6) is 0 Å². The van der Waals surface area contributed by atoms with Crippen molar-refractivity contribution in [2.24, 2.45) is 0 Å². The van der Waals surface area contributed by atoms with E-state index in [4.69, 9.17) is 0 Å². The zero-order valence-corrected chi connectivity index (χ0v) is 50.4. The van der Waals surface area contributed by atoms with Crippen molar-refractivity contribution in [3.63, 3.8) is 0 Å². The number of amides is 1. The molecule has 0 aromatic rings. The van der Waals surface area contributed by atoms with Gasteiger partial charge in [-0.15, -0.1) is 0 Å². The van der Waals surface area contributed by atoms with Crippen LogP contribution in [-0.4, -0.2) is 34.9 Å². The van der Waals surface area contributed by atoms with E-state index in [1.807, 2.05) is 0 Å². The van der Waals surface area contributed by atoms with Gasteiger partial charge in [0.1, 0.15) is 0 Å². The van der Waals surface area contributed by atoms with Crippen molar-refractivity contribution in [2.45, 2.75) is 386 Å². The van der Waals surface area contributed by atoms with Crippen LogP contribution in [0.4, 0.5) is 0 Å². The molecule has 0 aromatic carbocycles. The number of hydrogen-bond donors (Lipinski definition) is 3. The second kappa shape index (κ2) is 65.6. The van der Waals surface area contributed by atoms with Crippen LogP contribution in [0.25, 0.3) is 0 Å². The molecule has 0 aromatic heterocycles. The predicted octanol–water partition coefficient (Wildman–Crippen LogP) is 22.9.